The van der Waals surface area contributed by atoms with Gasteiger partial charge in [0.1, 0.15) is 0 Å². The molecule has 2 rings (SSSR count). The fourth-order valence-corrected chi connectivity index (χ4v) is 1.11. The third-order valence-electron chi connectivity index (χ3n) is 1.80. The molecule has 0 aliphatic heterocycles. The summed E-state index contributed by atoms with van der Waals surface area (Å²) in [5.41, 5.74) is 0.636. The number of nitrogens with zero attached hydrogens (tertiary/aromatic N) is 3. The molecule has 0 radical (unpaired) electrons. The number of rotatable bonds is 2. The van der Waals surface area contributed by atoms with Crippen LogP contribution in [0.1, 0.15) is 10.5 Å². The average Bonchev–Trinajstić information content (AvgIpc) is 2.78. The minimum atomic E-state index is -1.11. The highest BCUT2D eigenvalue weighted by atomic mass is 19.3. The van der Waals surface area contributed by atoms with Crippen LogP contribution in [-0.2, 0) is 4.94 Å². The van der Waals surface area contributed by atoms with Gasteiger partial charge in [0.05, 0.1) is 5.69 Å². The molecule has 0 saturated carbocycles. The zero-order valence-electron chi connectivity index (χ0n) is 7.50. The summed E-state index contributed by atoms with van der Waals surface area (Å²) in [6.07, 6.45) is 4.70. The second-order valence-electron chi connectivity index (χ2n) is 2.72. The predicted molar refractivity (Wildman–Crippen MR) is 47.9 cm³/mol. The Balaban J connectivity index is 2.32. The number of hydrogen-bond acceptors (Lipinski definition) is 4. The van der Waals surface area contributed by atoms with E-state index in [9.17, 15) is 9.32 Å². The third kappa shape index (κ3) is 1.83. The predicted octanol–water partition coefficient (Wildman–Crippen LogP) is 1.31. The van der Waals surface area contributed by atoms with E-state index in [-0.39, 0.29) is 5.69 Å². The van der Waals surface area contributed by atoms with Crippen LogP contribution in [0.4, 0.5) is 4.53 Å². The van der Waals surface area contributed by atoms with Gasteiger partial charge in [-0.25, -0.2) is 14.4 Å². The maximum absolute atomic E-state index is 11.6. The lowest BCUT2D eigenvalue weighted by atomic mass is 10.4. The molecule has 2 heterocycles. The van der Waals surface area contributed by atoms with Gasteiger partial charge in [-0.2, -0.15) is 5.10 Å². The van der Waals surface area contributed by atoms with Crippen molar-refractivity contribution in [2.45, 2.75) is 0 Å². The Bertz CT molecular complexity index is 469. The summed E-state index contributed by atoms with van der Waals surface area (Å²) in [5.74, 6) is -1.11. The van der Waals surface area contributed by atoms with Crippen molar-refractivity contribution >= 4 is 5.97 Å². The quantitative estimate of drug-likeness (QED) is 0.744. The fraction of sp³-hybridized carbons (Fsp3) is 0. The summed E-state index contributed by atoms with van der Waals surface area (Å²) >= 11 is 0. The Morgan fingerprint density at radius 2 is 2.07 bits per heavy atom. The number of halogens is 1. The topological polar surface area (TPSA) is 57.0 Å². The number of carbonyl (C=O) groups excluding carboxylic acids is 1. The Labute approximate surface area is 84.0 Å². The molecule has 0 bridgehead atoms. The molecule has 6 heteroatoms. The molecular formula is C9H6FN3O2. The third-order valence-corrected chi connectivity index (χ3v) is 1.80. The van der Waals surface area contributed by atoms with Gasteiger partial charge in [0.2, 0.25) is 0 Å². The van der Waals surface area contributed by atoms with E-state index in [4.69, 9.17) is 0 Å². The first kappa shape index (κ1) is 9.32. The minimum Gasteiger partial charge on any atom is -0.265 e. The summed E-state index contributed by atoms with van der Waals surface area (Å²) in [6.45, 7) is 0. The first-order valence-electron chi connectivity index (χ1n) is 4.10. The lowest BCUT2D eigenvalue weighted by Gasteiger charge is -1.98. The molecule has 0 N–H and O–H groups in total. The lowest BCUT2D eigenvalue weighted by Crippen LogP contribution is -2.02. The van der Waals surface area contributed by atoms with Crippen molar-refractivity contribution in [1.29, 1.82) is 0 Å². The second-order valence-corrected chi connectivity index (χ2v) is 2.72. The zero-order valence-corrected chi connectivity index (χ0v) is 7.50. The Morgan fingerprint density at radius 3 is 2.73 bits per heavy atom. The van der Waals surface area contributed by atoms with Crippen molar-refractivity contribution in [3.8, 4) is 5.69 Å². The molecule has 0 aliphatic carbocycles. The van der Waals surface area contributed by atoms with Gasteiger partial charge in [0.25, 0.3) is 0 Å². The highest BCUT2D eigenvalue weighted by Gasteiger charge is 2.11. The second kappa shape index (κ2) is 3.87. The van der Waals surface area contributed by atoms with Crippen LogP contribution in [0.5, 0.6) is 0 Å². The maximum Gasteiger partial charge on any atom is 0.399 e. The number of aromatic nitrogens is 3. The highest BCUT2D eigenvalue weighted by molar-refractivity contribution is 5.86. The highest BCUT2D eigenvalue weighted by Crippen LogP contribution is 2.06. The molecule has 76 valence electrons. The van der Waals surface area contributed by atoms with E-state index >= 15 is 0 Å². The van der Waals surface area contributed by atoms with E-state index in [1.165, 1.54) is 16.9 Å². The SMILES string of the molecule is O=C(OF)c1ccn(-c2ccncc2)n1. The molecule has 0 saturated heterocycles. The van der Waals surface area contributed by atoms with Crippen LogP contribution in [0.3, 0.4) is 0 Å². The molecule has 2 aromatic heterocycles. The molecule has 0 amide bonds. The zero-order chi connectivity index (χ0) is 10.7. The van der Waals surface area contributed by atoms with Crippen LogP contribution in [0.2, 0.25) is 0 Å². The van der Waals surface area contributed by atoms with E-state index in [2.05, 4.69) is 15.0 Å². The van der Waals surface area contributed by atoms with E-state index in [0.717, 1.165) is 5.69 Å². The van der Waals surface area contributed by atoms with Crippen LogP contribution in [0, 0.1) is 0 Å². The number of hydrogen-bond donors (Lipinski definition) is 0. The van der Waals surface area contributed by atoms with Crippen molar-refractivity contribution in [3.05, 3.63) is 42.5 Å². The van der Waals surface area contributed by atoms with E-state index in [1.54, 1.807) is 24.5 Å². The molecule has 0 fully saturated rings. The van der Waals surface area contributed by atoms with E-state index < -0.39 is 5.97 Å². The molecule has 0 spiro atoms. The molecular weight excluding hydrogens is 201 g/mol. The molecule has 0 atom stereocenters. The summed E-state index contributed by atoms with van der Waals surface area (Å²) in [5, 5.41) is 3.83. The summed E-state index contributed by atoms with van der Waals surface area (Å²) < 4.78 is 13.0. The first-order chi connectivity index (χ1) is 7.31. The minimum absolute atomic E-state index is 0.0886. The van der Waals surface area contributed by atoms with Crippen molar-refractivity contribution in [2.24, 2.45) is 0 Å². The van der Waals surface area contributed by atoms with Crippen LogP contribution in [0.25, 0.3) is 5.69 Å². The van der Waals surface area contributed by atoms with Crippen molar-refractivity contribution in [1.82, 2.24) is 14.8 Å². The van der Waals surface area contributed by atoms with Gasteiger partial charge in [-0.15, -0.1) is 0 Å². The first-order valence-corrected chi connectivity index (χ1v) is 4.10. The molecule has 0 aromatic carbocycles. The smallest absolute Gasteiger partial charge is 0.265 e. The van der Waals surface area contributed by atoms with Crippen molar-refractivity contribution in [3.63, 3.8) is 0 Å². The van der Waals surface area contributed by atoms with Crippen LogP contribution < -0.4 is 0 Å². The summed E-state index contributed by atoms with van der Waals surface area (Å²) in [4.78, 5) is 17.7. The van der Waals surface area contributed by atoms with Crippen molar-refractivity contribution in [2.75, 3.05) is 0 Å². The average molecular weight is 207 g/mol. The summed E-state index contributed by atoms with van der Waals surface area (Å²) in [6, 6.07) is 4.78. The Kier molecular flexibility index (Phi) is 2.40. The molecule has 0 aliphatic rings. The maximum atomic E-state index is 11.6. The molecule has 0 unspecified atom stereocenters. The van der Waals surface area contributed by atoms with Gasteiger partial charge < -0.3 is 0 Å². The largest absolute Gasteiger partial charge is 0.399 e. The van der Waals surface area contributed by atoms with E-state index in [0.29, 0.717) is 0 Å². The Hall–Kier alpha value is -2.24. The van der Waals surface area contributed by atoms with E-state index in [1.807, 2.05) is 0 Å². The lowest BCUT2D eigenvalue weighted by molar-refractivity contribution is -0.0793. The normalized spacial score (nSPS) is 9.93. The molecule has 5 nitrogen and oxygen atoms in total. The Morgan fingerprint density at radius 1 is 1.33 bits per heavy atom. The van der Waals surface area contributed by atoms with Gasteiger partial charge in [-0.05, 0) is 18.2 Å². The number of carbonyl (C=O) groups is 1. The standard InChI is InChI=1S/C9H6FN3O2/c10-15-9(14)8-3-6-13(12-8)7-1-4-11-5-2-7/h1-6H. The van der Waals surface area contributed by atoms with Crippen LogP contribution >= 0.6 is 0 Å². The molecule has 2 aromatic rings. The van der Waals surface area contributed by atoms with Gasteiger partial charge >= 0.3 is 5.97 Å². The monoisotopic (exact) mass is 207 g/mol. The summed E-state index contributed by atoms with van der Waals surface area (Å²) in [7, 11) is 0. The van der Waals surface area contributed by atoms with Crippen LogP contribution in [-0.4, -0.2) is 20.7 Å². The van der Waals surface area contributed by atoms with Crippen molar-refractivity contribution < 1.29 is 14.3 Å². The molecule has 15 heavy (non-hydrogen) atoms. The van der Waals surface area contributed by atoms with Gasteiger partial charge in [-0.1, -0.05) is 0 Å². The van der Waals surface area contributed by atoms with Gasteiger partial charge in [-0.3, -0.25) is 4.98 Å². The van der Waals surface area contributed by atoms with Gasteiger partial charge in [0.15, 0.2) is 5.69 Å². The number of pyridine rings is 1. The van der Waals surface area contributed by atoms with Gasteiger partial charge in [0, 0.05) is 23.1 Å². The fourth-order valence-electron chi connectivity index (χ4n) is 1.11. The van der Waals surface area contributed by atoms with Crippen LogP contribution in [0.15, 0.2) is 36.8 Å².